The molecule has 0 bridgehead atoms. The standard InChI is InChI=1S/C34H32F3N5O6S3/c35-34(36,37)22-12-14-23(15-13-22)51(47,48)40-25-16-17-30(44)41-18-6-10-27(42(41)32(25)46)31(45)38-26(19-21-7-2-1-3-8-21)28(43)20-49-33-39-24-9-4-5-11-29(24)50-33/h1-5,7-9,11-15,25-27,40H,6,10,16-20H2,(H,38,45)/t25-,26-,27-/m0/s1. The van der Waals surface area contributed by atoms with E-state index in [2.05, 4.69) is 15.0 Å². The molecule has 2 N–H and O–H groups in total. The van der Waals surface area contributed by atoms with Crippen LogP contribution in [-0.4, -0.2) is 77.3 Å². The molecule has 0 aliphatic carbocycles. The summed E-state index contributed by atoms with van der Waals surface area (Å²) in [6.07, 6.45) is -4.50. The Morgan fingerprint density at radius 3 is 2.39 bits per heavy atom. The Morgan fingerprint density at radius 2 is 1.69 bits per heavy atom. The number of nitrogens with one attached hydrogen (secondary N) is 2. The summed E-state index contributed by atoms with van der Waals surface area (Å²) >= 11 is 2.70. The number of rotatable bonds is 11. The molecule has 268 valence electrons. The zero-order chi connectivity index (χ0) is 36.3. The highest BCUT2D eigenvalue weighted by atomic mass is 32.2. The largest absolute Gasteiger partial charge is 0.416 e. The number of halogens is 3. The van der Waals surface area contributed by atoms with Crippen LogP contribution in [0.2, 0.25) is 0 Å². The fraction of sp³-hybridized carbons (Fsp3) is 0.324. The number of benzene rings is 3. The molecule has 2 saturated heterocycles. The second-order valence-electron chi connectivity index (χ2n) is 12.0. The van der Waals surface area contributed by atoms with Crippen LogP contribution in [0.1, 0.15) is 36.8 Å². The fourth-order valence-electron chi connectivity index (χ4n) is 5.97. The summed E-state index contributed by atoms with van der Waals surface area (Å²) in [5, 5.41) is 4.92. The number of aromatic nitrogens is 1. The van der Waals surface area contributed by atoms with Gasteiger partial charge in [-0.05, 0) is 67.6 Å². The summed E-state index contributed by atoms with van der Waals surface area (Å²) < 4.78 is 69.5. The lowest BCUT2D eigenvalue weighted by molar-refractivity contribution is -0.176. The van der Waals surface area contributed by atoms with Gasteiger partial charge < -0.3 is 5.32 Å². The third-order valence-electron chi connectivity index (χ3n) is 8.55. The molecule has 0 radical (unpaired) electrons. The molecule has 1 aromatic heterocycles. The molecular formula is C34H32F3N5O6S3. The van der Waals surface area contributed by atoms with Gasteiger partial charge in [-0.3, -0.25) is 24.2 Å². The summed E-state index contributed by atoms with van der Waals surface area (Å²) in [6, 6.07) is 15.7. The average Bonchev–Trinajstić information content (AvgIpc) is 3.50. The summed E-state index contributed by atoms with van der Waals surface area (Å²) in [4.78, 5) is 58.9. The highest BCUT2D eigenvalue weighted by Gasteiger charge is 2.46. The third-order valence-corrected chi connectivity index (χ3v) is 12.2. The summed E-state index contributed by atoms with van der Waals surface area (Å²) in [7, 11) is -4.51. The number of hydrazine groups is 1. The van der Waals surface area contributed by atoms with Crippen molar-refractivity contribution in [3.63, 3.8) is 0 Å². The lowest BCUT2D eigenvalue weighted by Crippen LogP contribution is -2.64. The first-order valence-corrected chi connectivity index (χ1v) is 19.3. The summed E-state index contributed by atoms with van der Waals surface area (Å²) in [5.74, 6) is -2.34. The second kappa shape index (κ2) is 15.1. The van der Waals surface area contributed by atoms with Crippen LogP contribution >= 0.6 is 23.1 Å². The number of ketones is 1. The number of thiazole rings is 1. The van der Waals surface area contributed by atoms with Gasteiger partial charge in [-0.15, -0.1) is 11.3 Å². The lowest BCUT2D eigenvalue weighted by atomic mass is 10.0. The minimum atomic E-state index is -4.68. The van der Waals surface area contributed by atoms with Crippen molar-refractivity contribution in [1.29, 1.82) is 0 Å². The normalized spacial score (nSPS) is 19.0. The molecule has 11 nitrogen and oxygen atoms in total. The van der Waals surface area contributed by atoms with Crippen LogP contribution < -0.4 is 10.0 Å². The van der Waals surface area contributed by atoms with Gasteiger partial charge in [-0.2, -0.15) is 17.9 Å². The molecule has 2 aliphatic heterocycles. The quantitative estimate of drug-likeness (QED) is 0.212. The Bertz CT molecular complexity index is 2010. The predicted octanol–water partition coefficient (Wildman–Crippen LogP) is 4.58. The smallest absolute Gasteiger partial charge is 0.344 e. The van der Waals surface area contributed by atoms with E-state index in [0.717, 1.165) is 37.9 Å². The Balaban J connectivity index is 1.20. The van der Waals surface area contributed by atoms with E-state index >= 15 is 0 Å². The zero-order valence-electron chi connectivity index (χ0n) is 26.8. The molecule has 51 heavy (non-hydrogen) atoms. The van der Waals surface area contributed by atoms with E-state index in [1.165, 1.54) is 23.1 Å². The van der Waals surface area contributed by atoms with Crippen molar-refractivity contribution in [2.45, 2.75) is 65.6 Å². The van der Waals surface area contributed by atoms with Crippen LogP contribution in [0.4, 0.5) is 13.2 Å². The molecule has 3 heterocycles. The van der Waals surface area contributed by atoms with Crippen molar-refractivity contribution in [2.75, 3.05) is 12.3 Å². The van der Waals surface area contributed by atoms with Crippen LogP contribution in [0.3, 0.4) is 0 Å². The molecule has 2 aliphatic rings. The number of Topliss-reactive ketones (excluding diaryl/α,β-unsaturated/α-hetero) is 1. The third kappa shape index (κ3) is 8.43. The lowest BCUT2D eigenvalue weighted by Gasteiger charge is -2.43. The van der Waals surface area contributed by atoms with Crippen LogP contribution in [0.15, 0.2) is 88.1 Å². The molecule has 3 atom stereocenters. The molecule has 3 aromatic carbocycles. The van der Waals surface area contributed by atoms with Gasteiger partial charge in [0.2, 0.25) is 21.8 Å². The maximum Gasteiger partial charge on any atom is 0.416 e. The maximum atomic E-state index is 14.0. The molecule has 0 unspecified atom stereocenters. The number of carbonyl (C=O) groups is 4. The van der Waals surface area contributed by atoms with Gasteiger partial charge in [-0.25, -0.2) is 18.4 Å². The van der Waals surface area contributed by atoms with Gasteiger partial charge in [0.25, 0.3) is 5.91 Å². The number of sulfonamides is 1. The van der Waals surface area contributed by atoms with Crippen LogP contribution in [0, 0.1) is 0 Å². The Hall–Kier alpha value is -4.32. The van der Waals surface area contributed by atoms with Gasteiger partial charge in [0.05, 0.1) is 32.5 Å². The van der Waals surface area contributed by atoms with Gasteiger partial charge in [0, 0.05) is 13.0 Å². The van der Waals surface area contributed by atoms with E-state index in [1.807, 2.05) is 42.5 Å². The maximum absolute atomic E-state index is 14.0. The Labute approximate surface area is 299 Å². The number of fused-ring (bicyclic) bond motifs is 2. The topological polar surface area (TPSA) is 146 Å². The summed E-state index contributed by atoms with van der Waals surface area (Å²) in [6.45, 7) is 0.109. The van der Waals surface area contributed by atoms with E-state index in [-0.39, 0.29) is 43.8 Å². The van der Waals surface area contributed by atoms with Crippen molar-refractivity contribution in [3.8, 4) is 0 Å². The van der Waals surface area contributed by atoms with Crippen LogP contribution in [-0.2, 0) is 41.8 Å². The number of alkyl halides is 3. The van der Waals surface area contributed by atoms with Gasteiger partial charge in [-0.1, -0.05) is 54.2 Å². The van der Waals surface area contributed by atoms with Crippen LogP contribution in [0.25, 0.3) is 10.2 Å². The van der Waals surface area contributed by atoms with E-state index in [1.54, 1.807) is 12.1 Å². The minimum absolute atomic E-state index is 0.00330. The molecule has 6 rings (SSSR count). The van der Waals surface area contributed by atoms with Crippen molar-refractivity contribution in [2.24, 2.45) is 0 Å². The second-order valence-corrected chi connectivity index (χ2v) is 16.0. The highest BCUT2D eigenvalue weighted by Crippen LogP contribution is 2.31. The zero-order valence-corrected chi connectivity index (χ0v) is 29.3. The highest BCUT2D eigenvalue weighted by molar-refractivity contribution is 8.01. The van der Waals surface area contributed by atoms with E-state index in [0.29, 0.717) is 22.9 Å². The van der Waals surface area contributed by atoms with Gasteiger partial charge >= 0.3 is 6.18 Å². The SMILES string of the molecule is O=C(CSc1nc2ccccc2s1)[C@H](Cc1ccccc1)NC(=O)[C@@H]1CCCN2C(=O)CC[C@H](NS(=O)(=O)c3ccc(C(F)(F)F)cc3)C(=O)N12. The number of hydrogen-bond acceptors (Lipinski definition) is 9. The van der Waals surface area contributed by atoms with Crippen molar-refractivity contribution in [3.05, 3.63) is 90.0 Å². The first kappa shape index (κ1) is 36.5. The van der Waals surface area contributed by atoms with Gasteiger partial charge in [0.15, 0.2) is 10.1 Å². The number of nitrogens with zero attached hydrogens (tertiary/aromatic N) is 3. The molecule has 0 saturated carbocycles. The summed E-state index contributed by atoms with van der Waals surface area (Å²) in [5.41, 5.74) is 0.546. The van der Waals surface area contributed by atoms with Crippen LogP contribution in [0.5, 0.6) is 0 Å². The predicted molar refractivity (Wildman–Crippen MR) is 184 cm³/mol. The van der Waals surface area contributed by atoms with E-state index < -0.39 is 62.5 Å². The van der Waals surface area contributed by atoms with Gasteiger partial charge in [0.1, 0.15) is 12.1 Å². The fourth-order valence-corrected chi connectivity index (χ4v) is 9.20. The molecule has 0 spiro atoms. The monoisotopic (exact) mass is 759 g/mol. The molecule has 17 heteroatoms. The number of thioether (sulfide) groups is 1. The molecule has 3 amide bonds. The molecule has 2 fully saturated rings. The van der Waals surface area contributed by atoms with Crippen molar-refractivity contribution >= 4 is 66.8 Å². The molecule has 4 aromatic rings. The van der Waals surface area contributed by atoms with E-state index in [4.69, 9.17) is 0 Å². The first-order valence-electron chi connectivity index (χ1n) is 16.0. The minimum Gasteiger partial charge on any atom is -0.344 e. The number of hydrogen-bond donors (Lipinski definition) is 2. The Kier molecular flexibility index (Phi) is 10.8. The first-order chi connectivity index (χ1) is 24.3. The number of amides is 3. The van der Waals surface area contributed by atoms with E-state index in [9.17, 15) is 40.8 Å². The number of carbonyl (C=O) groups excluding carboxylic acids is 4. The number of para-hydroxylation sites is 1. The van der Waals surface area contributed by atoms with Crippen molar-refractivity contribution < 1.29 is 40.8 Å². The molecular weight excluding hydrogens is 728 g/mol. The Morgan fingerprint density at radius 1 is 0.980 bits per heavy atom. The van der Waals surface area contributed by atoms with Crippen molar-refractivity contribution in [1.82, 2.24) is 25.0 Å². The average molecular weight is 760 g/mol.